The Kier molecular flexibility index (Phi) is 4.42. The van der Waals surface area contributed by atoms with E-state index in [9.17, 15) is 4.79 Å². The molecule has 1 aliphatic heterocycles. The fourth-order valence-electron chi connectivity index (χ4n) is 3.12. The van der Waals surface area contributed by atoms with E-state index in [1.165, 1.54) is 0 Å². The molecule has 3 aromatic rings. The average Bonchev–Trinajstić information content (AvgIpc) is 2.91. The van der Waals surface area contributed by atoms with E-state index in [-0.39, 0.29) is 12.3 Å². The largest absolute Gasteiger partial charge is 0.324 e. The first-order valence-corrected chi connectivity index (χ1v) is 8.69. The van der Waals surface area contributed by atoms with Gasteiger partial charge >= 0.3 is 0 Å². The molecule has 132 valence electrons. The maximum atomic E-state index is 12.4. The Hall–Kier alpha value is -4.22. The number of fused-ring (bicyclic) bond motifs is 1. The van der Waals surface area contributed by atoms with Gasteiger partial charge in [0, 0.05) is 0 Å². The zero-order valence-electron chi connectivity index (χ0n) is 14.8. The van der Waals surface area contributed by atoms with Crippen LogP contribution in [0.3, 0.4) is 0 Å². The predicted octanol–water partition coefficient (Wildman–Crippen LogP) is 4.56. The molecule has 5 nitrogen and oxygen atoms in total. The molecule has 0 aliphatic carbocycles. The van der Waals surface area contributed by atoms with Crippen LogP contribution in [-0.4, -0.2) is 11.6 Å². The van der Waals surface area contributed by atoms with Gasteiger partial charge in [0.25, 0.3) is 0 Å². The molecule has 1 amide bonds. The molecule has 0 atom stereocenters. The van der Waals surface area contributed by atoms with Gasteiger partial charge in [-0.25, -0.2) is 0 Å². The standard InChI is InChI=1S/C23H14N4O/c24-13-15-4-6-17(7-5-15)18-8-9-20-22(11-18)27-23(28)12-21(26-20)19-3-1-2-16(10-19)14-25/h1-11H,12H2,(H,27,28). The number of carbonyl (C=O) groups is 1. The second-order valence-electron chi connectivity index (χ2n) is 6.40. The lowest BCUT2D eigenvalue weighted by Gasteiger charge is -2.08. The van der Waals surface area contributed by atoms with Crippen LogP contribution >= 0.6 is 0 Å². The topological polar surface area (TPSA) is 89.0 Å². The fourth-order valence-corrected chi connectivity index (χ4v) is 3.12. The highest BCUT2D eigenvalue weighted by Gasteiger charge is 2.18. The molecular formula is C23H14N4O. The summed E-state index contributed by atoms with van der Waals surface area (Å²) in [6.07, 6.45) is 0.135. The lowest BCUT2D eigenvalue weighted by atomic mass is 10.0. The number of anilines is 1. The third kappa shape index (κ3) is 3.38. The molecule has 0 fully saturated rings. The van der Waals surface area contributed by atoms with Crippen LogP contribution in [0.25, 0.3) is 11.1 Å². The molecule has 0 bridgehead atoms. The maximum absolute atomic E-state index is 12.4. The number of nitrogens with zero attached hydrogens (tertiary/aromatic N) is 3. The van der Waals surface area contributed by atoms with E-state index < -0.39 is 0 Å². The van der Waals surface area contributed by atoms with Gasteiger partial charge in [-0.05, 0) is 53.1 Å². The molecule has 1 aliphatic rings. The fraction of sp³-hybridized carbons (Fsp3) is 0.0435. The van der Waals surface area contributed by atoms with E-state index >= 15 is 0 Å². The van der Waals surface area contributed by atoms with Crippen LogP contribution in [0, 0.1) is 22.7 Å². The highest BCUT2D eigenvalue weighted by molar-refractivity contribution is 6.17. The zero-order valence-corrected chi connectivity index (χ0v) is 14.8. The smallest absolute Gasteiger partial charge is 0.230 e. The summed E-state index contributed by atoms with van der Waals surface area (Å²) < 4.78 is 0. The summed E-state index contributed by atoms with van der Waals surface area (Å²) in [5.41, 5.74) is 5.69. The van der Waals surface area contributed by atoms with Gasteiger partial charge in [-0.15, -0.1) is 0 Å². The van der Waals surface area contributed by atoms with Crippen molar-refractivity contribution in [1.29, 1.82) is 10.5 Å². The molecule has 0 unspecified atom stereocenters. The summed E-state index contributed by atoms with van der Waals surface area (Å²) in [5, 5.41) is 21.0. The van der Waals surface area contributed by atoms with Gasteiger partial charge < -0.3 is 5.32 Å². The van der Waals surface area contributed by atoms with Crippen molar-refractivity contribution in [2.45, 2.75) is 6.42 Å². The minimum absolute atomic E-state index is 0.135. The summed E-state index contributed by atoms with van der Waals surface area (Å²) in [7, 11) is 0. The summed E-state index contributed by atoms with van der Waals surface area (Å²) >= 11 is 0. The van der Waals surface area contributed by atoms with Crippen LogP contribution in [0.2, 0.25) is 0 Å². The van der Waals surface area contributed by atoms with Crippen molar-refractivity contribution < 1.29 is 4.79 Å². The quantitative estimate of drug-likeness (QED) is 0.725. The second-order valence-corrected chi connectivity index (χ2v) is 6.40. The van der Waals surface area contributed by atoms with Crippen molar-refractivity contribution in [3.05, 3.63) is 83.4 Å². The number of hydrogen-bond acceptors (Lipinski definition) is 4. The van der Waals surface area contributed by atoms with E-state index in [0.717, 1.165) is 16.7 Å². The van der Waals surface area contributed by atoms with Gasteiger partial charge in [-0.1, -0.05) is 30.3 Å². The normalized spacial score (nSPS) is 12.6. The van der Waals surface area contributed by atoms with Gasteiger partial charge in [0.05, 0.1) is 46.8 Å². The van der Waals surface area contributed by atoms with Gasteiger partial charge in [0.1, 0.15) is 0 Å². The molecule has 0 aromatic heterocycles. The highest BCUT2D eigenvalue weighted by Crippen LogP contribution is 2.33. The number of hydrogen-bond donors (Lipinski definition) is 1. The summed E-state index contributed by atoms with van der Waals surface area (Å²) in [6.45, 7) is 0. The molecule has 0 saturated heterocycles. The monoisotopic (exact) mass is 362 g/mol. The third-order valence-corrected chi connectivity index (χ3v) is 4.53. The summed E-state index contributed by atoms with van der Waals surface area (Å²) in [4.78, 5) is 17.1. The molecular weight excluding hydrogens is 348 g/mol. The van der Waals surface area contributed by atoms with Crippen LogP contribution < -0.4 is 5.32 Å². The molecule has 1 N–H and O–H groups in total. The number of rotatable bonds is 2. The van der Waals surface area contributed by atoms with E-state index in [2.05, 4.69) is 22.4 Å². The van der Waals surface area contributed by atoms with Crippen molar-refractivity contribution in [1.82, 2.24) is 0 Å². The Balaban J connectivity index is 1.75. The maximum Gasteiger partial charge on any atom is 0.230 e. The molecule has 0 radical (unpaired) electrons. The number of nitrogens with one attached hydrogen (secondary N) is 1. The van der Waals surface area contributed by atoms with Crippen molar-refractivity contribution in [2.75, 3.05) is 5.32 Å². The summed E-state index contributed by atoms with van der Waals surface area (Å²) in [5.74, 6) is -0.156. The lowest BCUT2D eigenvalue weighted by Crippen LogP contribution is -2.15. The van der Waals surface area contributed by atoms with E-state index in [1.807, 2.05) is 36.4 Å². The SMILES string of the molecule is N#Cc1ccc(-c2ccc3c(c2)NC(=O)CC(c2cccc(C#N)c2)=N3)cc1. The molecule has 4 rings (SSSR count). The molecule has 3 aromatic carbocycles. The van der Waals surface area contributed by atoms with E-state index in [1.54, 1.807) is 30.3 Å². The van der Waals surface area contributed by atoms with Crippen LogP contribution in [0.15, 0.2) is 71.7 Å². The molecule has 5 heteroatoms. The third-order valence-electron chi connectivity index (χ3n) is 4.53. The van der Waals surface area contributed by atoms with Crippen molar-refractivity contribution in [3.8, 4) is 23.3 Å². The van der Waals surface area contributed by atoms with Crippen molar-refractivity contribution in [3.63, 3.8) is 0 Å². The van der Waals surface area contributed by atoms with Crippen LogP contribution in [0.1, 0.15) is 23.1 Å². The van der Waals surface area contributed by atoms with Crippen molar-refractivity contribution >= 4 is 23.0 Å². The number of benzene rings is 3. The van der Waals surface area contributed by atoms with Crippen LogP contribution in [0.4, 0.5) is 11.4 Å². The molecule has 1 heterocycles. The Morgan fingerprint density at radius 1 is 0.821 bits per heavy atom. The minimum Gasteiger partial charge on any atom is -0.324 e. The van der Waals surface area contributed by atoms with E-state index in [4.69, 9.17) is 10.5 Å². The number of carbonyl (C=O) groups excluding carboxylic acids is 1. The Bertz CT molecular complexity index is 1190. The van der Waals surface area contributed by atoms with Gasteiger partial charge in [-0.2, -0.15) is 10.5 Å². The predicted molar refractivity (Wildman–Crippen MR) is 107 cm³/mol. The van der Waals surface area contributed by atoms with Crippen LogP contribution in [-0.2, 0) is 4.79 Å². The number of aliphatic imine (C=N–C) groups is 1. The first-order chi connectivity index (χ1) is 13.7. The van der Waals surface area contributed by atoms with Gasteiger partial charge in [-0.3, -0.25) is 9.79 Å². The first-order valence-electron chi connectivity index (χ1n) is 8.69. The van der Waals surface area contributed by atoms with Gasteiger partial charge in [0.15, 0.2) is 0 Å². The summed E-state index contributed by atoms with van der Waals surface area (Å²) in [6, 6.07) is 24.3. The van der Waals surface area contributed by atoms with Crippen molar-refractivity contribution in [2.24, 2.45) is 4.99 Å². The lowest BCUT2D eigenvalue weighted by molar-refractivity contribution is -0.115. The number of amides is 1. The van der Waals surface area contributed by atoms with Gasteiger partial charge in [0.2, 0.25) is 5.91 Å². The Labute approximate surface area is 162 Å². The second kappa shape index (κ2) is 7.19. The molecule has 28 heavy (non-hydrogen) atoms. The Morgan fingerprint density at radius 2 is 1.57 bits per heavy atom. The molecule has 0 spiro atoms. The molecule has 0 saturated carbocycles. The average molecular weight is 362 g/mol. The van der Waals surface area contributed by atoms with E-state index in [0.29, 0.717) is 28.2 Å². The Morgan fingerprint density at radius 3 is 2.32 bits per heavy atom. The van der Waals surface area contributed by atoms with Crippen LogP contribution in [0.5, 0.6) is 0 Å². The highest BCUT2D eigenvalue weighted by atomic mass is 16.1. The number of nitriles is 2. The zero-order chi connectivity index (χ0) is 19.5. The minimum atomic E-state index is -0.156. The first kappa shape index (κ1) is 17.2.